The second kappa shape index (κ2) is 3.45. The molecule has 0 spiro atoms. The molecule has 0 unspecified atom stereocenters. The summed E-state index contributed by atoms with van der Waals surface area (Å²) in [6.45, 7) is 4.03. The average Bonchev–Trinajstić information content (AvgIpc) is 2.78. The Balaban J connectivity index is 2.67. The fraction of sp³-hybridized carbons (Fsp3) is 0.231. The highest BCUT2D eigenvalue weighted by atomic mass is 16.1. The van der Waals surface area contributed by atoms with Gasteiger partial charge in [0.25, 0.3) is 5.56 Å². The molecule has 0 saturated carbocycles. The first kappa shape index (κ1) is 10.1. The van der Waals surface area contributed by atoms with Crippen molar-refractivity contribution in [1.82, 2.24) is 14.0 Å². The molecule has 0 fully saturated rings. The van der Waals surface area contributed by atoms with Crippen LogP contribution in [-0.4, -0.2) is 14.0 Å². The lowest BCUT2D eigenvalue weighted by atomic mass is 10.2. The molecule has 3 rings (SSSR count). The van der Waals surface area contributed by atoms with E-state index in [1.54, 1.807) is 12.5 Å². The van der Waals surface area contributed by atoms with Crippen LogP contribution in [-0.2, 0) is 0 Å². The van der Waals surface area contributed by atoms with E-state index in [-0.39, 0.29) is 11.6 Å². The van der Waals surface area contributed by atoms with Crippen molar-refractivity contribution in [3.63, 3.8) is 0 Å². The van der Waals surface area contributed by atoms with Crippen molar-refractivity contribution in [3.8, 4) is 0 Å². The Morgan fingerprint density at radius 2 is 1.82 bits per heavy atom. The molecule has 86 valence electrons. The van der Waals surface area contributed by atoms with Gasteiger partial charge < -0.3 is 4.57 Å². The summed E-state index contributed by atoms with van der Waals surface area (Å²) in [4.78, 5) is 16.4. The maximum atomic E-state index is 12.3. The quantitative estimate of drug-likeness (QED) is 0.639. The van der Waals surface area contributed by atoms with E-state index < -0.39 is 0 Å². The highest BCUT2D eigenvalue weighted by molar-refractivity contribution is 5.78. The van der Waals surface area contributed by atoms with E-state index in [2.05, 4.69) is 4.98 Å². The molecule has 3 aromatic rings. The molecule has 4 nitrogen and oxygen atoms in total. The van der Waals surface area contributed by atoms with Crippen LogP contribution in [0.1, 0.15) is 19.9 Å². The number of para-hydroxylation sites is 2. The summed E-state index contributed by atoms with van der Waals surface area (Å²) >= 11 is 0. The Bertz CT molecular complexity index is 752. The number of imidazole rings is 1. The van der Waals surface area contributed by atoms with Crippen LogP contribution >= 0.6 is 0 Å². The molecule has 2 heterocycles. The minimum absolute atomic E-state index is 0.0104. The predicted octanol–water partition coefficient (Wildman–Crippen LogP) is 2.23. The Hall–Kier alpha value is -2.10. The first-order valence-corrected chi connectivity index (χ1v) is 5.65. The lowest BCUT2D eigenvalue weighted by Crippen LogP contribution is -2.24. The van der Waals surface area contributed by atoms with Gasteiger partial charge in [-0.2, -0.15) is 0 Å². The Labute approximate surface area is 98.1 Å². The zero-order chi connectivity index (χ0) is 12.0. The van der Waals surface area contributed by atoms with Crippen LogP contribution in [0.5, 0.6) is 0 Å². The SMILES string of the molecule is CC(C)n1c(=O)c2cncn2c2ccccc21. The van der Waals surface area contributed by atoms with Gasteiger partial charge in [-0.15, -0.1) is 0 Å². The Morgan fingerprint density at radius 3 is 2.53 bits per heavy atom. The van der Waals surface area contributed by atoms with Crippen LogP contribution in [0.2, 0.25) is 0 Å². The Morgan fingerprint density at radius 1 is 1.12 bits per heavy atom. The molecule has 0 aliphatic carbocycles. The van der Waals surface area contributed by atoms with Crippen LogP contribution in [0.3, 0.4) is 0 Å². The summed E-state index contributed by atoms with van der Waals surface area (Å²) in [5.41, 5.74) is 2.58. The van der Waals surface area contributed by atoms with E-state index in [4.69, 9.17) is 0 Å². The second-order valence-electron chi connectivity index (χ2n) is 4.41. The van der Waals surface area contributed by atoms with Crippen molar-refractivity contribution >= 4 is 16.6 Å². The summed E-state index contributed by atoms with van der Waals surface area (Å²) < 4.78 is 3.66. The minimum Gasteiger partial charge on any atom is -0.302 e. The molecule has 2 aromatic heterocycles. The zero-order valence-electron chi connectivity index (χ0n) is 9.79. The van der Waals surface area contributed by atoms with Crippen LogP contribution in [0, 0.1) is 0 Å². The average molecular weight is 227 g/mol. The molecule has 4 heteroatoms. The van der Waals surface area contributed by atoms with E-state index in [0.717, 1.165) is 11.0 Å². The highest BCUT2D eigenvalue weighted by Crippen LogP contribution is 2.17. The molecule has 0 N–H and O–H groups in total. The number of benzene rings is 1. The maximum absolute atomic E-state index is 12.3. The summed E-state index contributed by atoms with van der Waals surface area (Å²) in [5, 5.41) is 0. The van der Waals surface area contributed by atoms with Crippen LogP contribution in [0.25, 0.3) is 16.6 Å². The highest BCUT2D eigenvalue weighted by Gasteiger charge is 2.12. The summed E-state index contributed by atoms with van der Waals surface area (Å²) in [6.07, 6.45) is 3.30. The summed E-state index contributed by atoms with van der Waals surface area (Å²) in [6, 6.07) is 8.02. The summed E-state index contributed by atoms with van der Waals surface area (Å²) in [7, 11) is 0. The third-order valence-electron chi connectivity index (χ3n) is 2.99. The van der Waals surface area contributed by atoms with Crippen molar-refractivity contribution < 1.29 is 0 Å². The van der Waals surface area contributed by atoms with Crippen molar-refractivity contribution in [2.45, 2.75) is 19.9 Å². The molecule has 0 aliphatic heterocycles. The van der Waals surface area contributed by atoms with Crippen molar-refractivity contribution in [1.29, 1.82) is 0 Å². The van der Waals surface area contributed by atoms with Gasteiger partial charge in [0.05, 0.1) is 23.6 Å². The molecule has 17 heavy (non-hydrogen) atoms. The van der Waals surface area contributed by atoms with Gasteiger partial charge in [0, 0.05) is 6.04 Å². The van der Waals surface area contributed by atoms with Crippen LogP contribution in [0.15, 0.2) is 41.6 Å². The third kappa shape index (κ3) is 1.30. The van der Waals surface area contributed by atoms with E-state index in [0.29, 0.717) is 5.52 Å². The van der Waals surface area contributed by atoms with E-state index >= 15 is 0 Å². The predicted molar refractivity (Wildman–Crippen MR) is 67.3 cm³/mol. The number of rotatable bonds is 1. The third-order valence-corrected chi connectivity index (χ3v) is 2.99. The van der Waals surface area contributed by atoms with Crippen molar-refractivity contribution in [2.75, 3.05) is 0 Å². The van der Waals surface area contributed by atoms with E-state index in [9.17, 15) is 4.79 Å². The largest absolute Gasteiger partial charge is 0.302 e. The first-order valence-electron chi connectivity index (χ1n) is 5.65. The normalized spacial score (nSPS) is 11.7. The van der Waals surface area contributed by atoms with Gasteiger partial charge in [-0.25, -0.2) is 4.98 Å². The smallest absolute Gasteiger partial charge is 0.277 e. The lowest BCUT2D eigenvalue weighted by molar-refractivity contribution is 0.601. The van der Waals surface area contributed by atoms with Crippen LogP contribution < -0.4 is 5.56 Å². The molecular formula is C13H13N3O. The Kier molecular flexibility index (Phi) is 2.04. The molecule has 0 radical (unpaired) electrons. The topological polar surface area (TPSA) is 39.3 Å². The molecule has 1 aromatic carbocycles. The van der Waals surface area contributed by atoms with Crippen LogP contribution in [0.4, 0.5) is 0 Å². The van der Waals surface area contributed by atoms with Gasteiger partial charge in [-0.1, -0.05) is 12.1 Å². The molecule has 0 saturated heterocycles. The van der Waals surface area contributed by atoms with Crippen molar-refractivity contribution in [2.24, 2.45) is 0 Å². The monoisotopic (exact) mass is 227 g/mol. The molecule has 0 atom stereocenters. The van der Waals surface area contributed by atoms with Gasteiger partial charge in [0.2, 0.25) is 0 Å². The van der Waals surface area contributed by atoms with Gasteiger partial charge in [0.15, 0.2) is 0 Å². The number of hydrogen-bond acceptors (Lipinski definition) is 2. The minimum atomic E-state index is 0.0104. The van der Waals surface area contributed by atoms with Gasteiger partial charge in [0.1, 0.15) is 5.52 Å². The van der Waals surface area contributed by atoms with E-state index in [1.807, 2.05) is 47.1 Å². The maximum Gasteiger partial charge on any atom is 0.277 e. The molecular weight excluding hydrogens is 214 g/mol. The van der Waals surface area contributed by atoms with Crippen molar-refractivity contribution in [3.05, 3.63) is 47.1 Å². The van der Waals surface area contributed by atoms with E-state index in [1.165, 1.54) is 0 Å². The lowest BCUT2D eigenvalue weighted by Gasteiger charge is -2.14. The molecule has 0 aliphatic rings. The fourth-order valence-corrected chi connectivity index (χ4v) is 2.26. The van der Waals surface area contributed by atoms with Gasteiger partial charge >= 0.3 is 0 Å². The number of fused-ring (bicyclic) bond motifs is 3. The number of hydrogen-bond donors (Lipinski definition) is 0. The molecule has 0 bridgehead atoms. The molecule has 0 amide bonds. The van der Waals surface area contributed by atoms with Gasteiger partial charge in [-0.05, 0) is 26.0 Å². The number of aromatic nitrogens is 3. The first-order chi connectivity index (χ1) is 8.20. The van der Waals surface area contributed by atoms with Gasteiger partial charge in [-0.3, -0.25) is 9.20 Å². The zero-order valence-corrected chi connectivity index (χ0v) is 9.79. The number of nitrogens with zero attached hydrogens (tertiary/aromatic N) is 3. The second-order valence-corrected chi connectivity index (χ2v) is 4.41. The standard InChI is InChI=1S/C13H13N3O/c1-9(2)16-11-6-4-3-5-10(11)15-8-14-7-12(15)13(16)17/h3-9H,1-2H3. The fourth-order valence-electron chi connectivity index (χ4n) is 2.26. The summed E-state index contributed by atoms with van der Waals surface area (Å²) in [5.74, 6) is 0.